The van der Waals surface area contributed by atoms with Crippen molar-refractivity contribution in [3.8, 4) is 5.75 Å². The predicted octanol–water partition coefficient (Wildman–Crippen LogP) is 3.54. The largest absolute Gasteiger partial charge is 0.507 e. The fourth-order valence-electron chi connectivity index (χ4n) is 5.99. The fraction of sp³-hybridized carbons (Fsp3) is 0.419. The number of benzene rings is 2. The SMILES string of the molecule is CN=C(NC[C@H](NC(=O)c1c(C2CC2)cc2c(c1O)CCN(C(=O)c1cc3ccccc3s1)C2)C(=O)O)N1CCCC1. The number of nitrogens with one attached hydrogen (secondary N) is 2. The van der Waals surface area contributed by atoms with Crippen LogP contribution in [0.25, 0.3) is 10.1 Å². The van der Waals surface area contributed by atoms with Gasteiger partial charge >= 0.3 is 5.97 Å². The summed E-state index contributed by atoms with van der Waals surface area (Å²) in [5, 5.41) is 28.0. The minimum atomic E-state index is -1.21. The summed E-state index contributed by atoms with van der Waals surface area (Å²) in [4.78, 5) is 47.9. The molecule has 3 heterocycles. The molecule has 4 N–H and O–H groups in total. The first-order valence-electron chi connectivity index (χ1n) is 14.5. The van der Waals surface area contributed by atoms with Gasteiger partial charge in [-0.3, -0.25) is 14.6 Å². The van der Waals surface area contributed by atoms with E-state index in [-0.39, 0.29) is 29.7 Å². The number of aromatic hydroxyl groups is 1. The van der Waals surface area contributed by atoms with Gasteiger partial charge in [-0.05, 0) is 66.7 Å². The van der Waals surface area contributed by atoms with Crippen molar-refractivity contribution in [1.82, 2.24) is 20.4 Å². The Hall–Kier alpha value is -4.12. The Morgan fingerprint density at radius 3 is 2.55 bits per heavy atom. The Kier molecular flexibility index (Phi) is 7.76. The highest BCUT2D eigenvalue weighted by Crippen LogP contribution is 2.46. The summed E-state index contributed by atoms with van der Waals surface area (Å²) in [6.45, 7) is 2.42. The summed E-state index contributed by atoms with van der Waals surface area (Å²) in [6.07, 6.45) is 4.29. The van der Waals surface area contributed by atoms with Crippen molar-refractivity contribution in [3.05, 3.63) is 63.5 Å². The number of thiophene rings is 1. The van der Waals surface area contributed by atoms with Gasteiger partial charge in [-0.15, -0.1) is 11.3 Å². The Morgan fingerprint density at radius 1 is 1.10 bits per heavy atom. The predicted molar refractivity (Wildman–Crippen MR) is 161 cm³/mol. The second-order valence-electron chi connectivity index (χ2n) is 11.2. The number of likely N-dealkylation sites (tertiary alicyclic amines) is 1. The van der Waals surface area contributed by atoms with Crippen LogP contribution in [0.15, 0.2) is 41.4 Å². The highest BCUT2D eigenvalue weighted by Gasteiger charge is 2.35. The van der Waals surface area contributed by atoms with Crippen LogP contribution >= 0.6 is 11.3 Å². The third-order valence-corrected chi connectivity index (χ3v) is 9.48. The Bertz CT molecular complexity index is 1540. The van der Waals surface area contributed by atoms with Gasteiger partial charge in [0.2, 0.25) is 0 Å². The van der Waals surface area contributed by atoms with Crippen molar-refractivity contribution < 1.29 is 24.6 Å². The lowest BCUT2D eigenvalue weighted by molar-refractivity contribution is -0.139. The van der Waals surface area contributed by atoms with Crippen molar-refractivity contribution in [2.75, 3.05) is 33.2 Å². The maximum absolute atomic E-state index is 13.6. The number of guanidine groups is 1. The zero-order valence-electron chi connectivity index (χ0n) is 23.6. The van der Waals surface area contributed by atoms with Crippen molar-refractivity contribution >= 4 is 45.2 Å². The van der Waals surface area contributed by atoms with E-state index in [4.69, 9.17) is 0 Å². The van der Waals surface area contributed by atoms with Crippen molar-refractivity contribution in [2.24, 2.45) is 4.99 Å². The first-order valence-corrected chi connectivity index (χ1v) is 15.3. The number of fused-ring (bicyclic) bond motifs is 2. The minimum absolute atomic E-state index is 0.0382. The minimum Gasteiger partial charge on any atom is -0.507 e. The number of carbonyl (C=O) groups excluding carboxylic acids is 2. The molecule has 3 aromatic rings. The summed E-state index contributed by atoms with van der Waals surface area (Å²) in [5.41, 5.74) is 2.34. The van der Waals surface area contributed by atoms with E-state index >= 15 is 0 Å². The number of phenolic OH excluding ortho intramolecular Hbond substituents is 1. The van der Waals surface area contributed by atoms with Gasteiger partial charge in [-0.2, -0.15) is 0 Å². The number of carboxylic acids is 1. The van der Waals surface area contributed by atoms with Gasteiger partial charge in [0.1, 0.15) is 11.8 Å². The maximum atomic E-state index is 13.6. The van der Waals surface area contributed by atoms with Gasteiger partial charge < -0.3 is 30.6 Å². The number of nitrogens with zero attached hydrogens (tertiary/aromatic N) is 3. The molecule has 0 spiro atoms. The number of aliphatic carboxylic acids is 1. The zero-order valence-corrected chi connectivity index (χ0v) is 24.4. The molecule has 1 atom stereocenters. The molecule has 1 aliphatic carbocycles. The maximum Gasteiger partial charge on any atom is 0.328 e. The van der Waals surface area contributed by atoms with E-state index in [0.29, 0.717) is 41.5 Å². The molecular formula is C31H35N5O5S. The van der Waals surface area contributed by atoms with Crippen LogP contribution in [0.2, 0.25) is 0 Å². The standard InChI is InChI=1S/C31H35N5O5S/c1-32-31(35-11-4-5-12-35)33-16-23(30(40)41)34-28(38)26-22(18-8-9-18)14-20-17-36(13-10-21(20)27(26)37)29(39)25-15-19-6-2-3-7-24(19)42-25/h2-3,6-7,14-15,18,23,37H,4-5,8-13,16-17H2,1H3,(H,32,33)(H,34,38)(H,40,41)/t23-/m0/s1. The number of hydrogen-bond acceptors (Lipinski definition) is 6. The third kappa shape index (κ3) is 5.53. The first-order chi connectivity index (χ1) is 20.3. The van der Waals surface area contributed by atoms with E-state index in [9.17, 15) is 24.6 Å². The summed E-state index contributed by atoms with van der Waals surface area (Å²) in [5.74, 6) is -1.20. The Morgan fingerprint density at radius 2 is 1.86 bits per heavy atom. The van der Waals surface area contributed by atoms with E-state index in [0.717, 1.165) is 54.4 Å². The fourth-order valence-corrected chi connectivity index (χ4v) is 7.03. The smallest absolute Gasteiger partial charge is 0.328 e. The van der Waals surface area contributed by atoms with Crippen LogP contribution in [0.4, 0.5) is 0 Å². The molecule has 10 nitrogen and oxygen atoms in total. The molecule has 2 aromatic carbocycles. The Labute approximate surface area is 248 Å². The van der Waals surface area contributed by atoms with E-state index in [2.05, 4.69) is 20.5 Å². The van der Waals surface area contributed by atoms with E-state index < -0.39 is 17.9 Å². The average Bonchev–Trinajstić information content (AvgIpc) is 3.51. The zero-order chi connectivity index (χ0) is 29.4. The Balaban J connectivity index is 1.21. The first kappa shape index (κ1) is 28.0. The molecule has 3 aliphatic rings. The lowest BCUT2D eigenvalue weighted by Gasteiger charge is -2.30. The highest BCUT2D eigenvalue weighted by atomic mass is 32.1. The van der Waals surface area contributed by atoms with Crippen LogP contribution in [-0.2, 0) is 17.8 Å². The van der Waals surface area contributed by atoms with Gasteiger partial charge in [0, 0.05) is 50.0 Å². The van der Waals surface area contributed by atoms with E-state index in [1.54, 1.807) is 11.9 Å². The monoisotopic (exact) mass is 589 g/mol. The molecule has 0 bridgehead atoms. The third-order valence-electron chi connectivity index (χ3n) is 8.37. The number of hydrogen-bond donors (Lipinski definition) is 4. The van der Waals surface area contributed by atoms with Crippen LogP contribution in [0.5, 0.6) is 5.75 Å². The molecule has 6 rings (SSSR count). The molecule has 0 unspecified atom stereocenters. The lowest BCUT2D eigenvalue weighted by Crippen LogP contribution is -2.51. The van der Waals surface area contributed by atoms with Gasteiger partial charge in [-0.25, -0.2) is 4.79 Å². The summed E-state index contributed by atoms with van der Waals surface area (Å²) >= 11 is 1.47. The molecule has 1 saturated heterocycles. The van der Waals surface area contributed by atoms with Crippen LogP contribution < -0.4 is 10.6 Å². The molecule has 2 amide bonds. The molecule has 1 aromatic heterocycles. The summed E-state index contributed by atoms with van der Waals surface area (Å²) < 4.78 is 1.06. The molecule has 11 heteroatoms. The molecule has 42 heavy (non-hydrogen) atoms. The van der Waals surface area contributed by atoms with E-state index in [1.165, 1.54) is 11.3 Å². The van der Waals surface area contributed by atoms with Gasteiger partial charge in [-0.1, -0.05) is 24.3 Å². The van der Waals surface area contributed by atoms with Crippen molar-refractivity contribution in [2.45, 2.75) is 50.6 Å². The number of rotatable bonds is 7. The van der Waals surface area contributed by atoms with Gasteiger partial charge in [0.15, 0.2) is 5.96 Å². The van der Waals surface area contributed by atoms with Crippen molar-refractivity contribution in [3.63, 3.8) is 0 Å². The van der Waals surface area contributed by atoms with Crippen LogP contribution in [0.1, 0.15) is 68.3 Å². The number of phenols is 1. The second kappa shape index (κ2) is 11.6. The van der Waals surface area contributed by atoms with Crippen LogP contribution in [-0.4, -0.2) is 83.0 Å². The number of aliphatic imine (C=N–C) groups is 1. The molecular weight excluding hydrogens is 554 g/mol. The lowest BCUT2D eigenvalue weighted by atomic mass is 9.89. The molecule has 220 valence electrons. The normalized spacial score (nSPS) is 17.7. The summed E-state index contributed by atoms with van der Waals surface area (Å²) in [7, 11) is 1.65. The molecule has 1 saturated carbocycles. The van der Waals surface area contributed by atoms with Crippen LogP contribution in [0, 0.1) is 0 Å². The number of carbonyl (C=O) groups is 3. The summed E-state index contributed by atoms with van der Waals surface area (Å²) in [6, 6.07) is 10.6. The number of amides is 2. The molecule has 0 radical (unpaired) electrons. The second-order valence-corrected chi connectivity index (χ2v) is 12.3. The van der Waals surface area contributed by atoms with Crippen LogP contribution in [0.3, 0.4) is 0 Å². The quantitative estimate of drug-likeness (QED) is 0.245. The number of carboxylic acid groups (broad SMARTS) is 1. The molecule has 2 fully saturated rings. The molecule has 2 aliphatic heterocycles. The van der Waals surface area contributed by atoms with Gasteiger partial charge in [0.05, 0.1) is 10.4 Å². The average molecular weight is 590 g/mol. The van der Waals surface area contributed by atoms with E-state index in [1.807, 2.05) is 36.4 Å². The van der Waals surface area contributed by atoms with Crippen molar-refractivity contribution in [1.29, 1.82) is 0 Å². The topological polar surface area (TPSA) is 135 Å². The highest BCUT2D eigenvalue weighted by molar-refractivity contribution is 7.20. The van der Waals surface area contributed by atoms with Gasteiger partial charge in [0.25, 0.3) is 11.8 Å².